The summed E-state index contributed by atoms with van der Waals surface area (Å²) in [6, 6.07) is 18.2. The van der Waals surface area contributed by atoms with Gasteiger partial charge in [-0.3, -0.25) is 9.78 Å². The van der Waals surface area contributed by atoms with Gasteiger partial charge in [0.2, 0.25) is 0 Å². The number of aryl methyl sites for hydroxylation is 1. The molecule has 2 heteroatoms. The molecule has 0 aliphatic rings. The number of carbonyl (C=O) groups excluding carboxylic acids is 1. The van der Waals surface area contributed by atoms with E-state index in [9.17, 15) is 4.79 Å². The minimum atomic E-state index is 0.715. The first-order chi connectivity index (χ1) is 10.3. The van der Waals surface area contributed by atoms with E-state index in [1.807, 2.05) is 30.3 Å². The molecule has 2 nitrogen and oxygen atoms in total. The van der Waals surface area contributed by atoms with Gasteiger partial charge in [-0.1, -0.05) is 49.4 Å². The van der Waals surface area contributed by atoms with E-state index in [1.165, 1.54) is 16.5 Å². The van der Waals surface area contributed by atoms with Gasteiger partial charge >= 0.3 is 0 Å². The second-order valence-electron chi connectivity index (χ2n) is 5.18. The number of aromatic nitrogens is 1. The van der Waals surface area contributed by atoms with Crippen LogP contribution in [0.2, 0.25) is 0 Å². The molecule has 1 aromatic heterocycles. The number of fused-ring (bicyclic) bond motifs is 1. The summed E-state index contributed by atoms with van der Waals surface area (Å²) in [6.07, 6.45) is 2.66. The average Bonchev–Trinajstić information content (AvgIpc) is 2.55. The number of hydrogen-bond acceptors (Lipinski definition) is 2. The van der Waals surface area contributed by atoms with Gasteiger partial charge in [0.15, 0.2) is 0 Å². The van der Waals surface area contributed by atoms with Gasteiger partial charge in [-0.2, -0.15) is 0 Å². The number of carbonyl (C=O) groups is 1. The van der Waals surface area contributed by atoms with Crippen molar-refractivity contribution in [3.8, 4) is 0 Å². The monoisotopic (exact) mass is 275 g/mol. The largest absolute Gasteiger partial charge is 0.298 e. The fraction of sp³-hybridized carbons (Fsp3) is 0.158. The molecule has 2 aromatic carbocycles. The third-order valence-electron chi connectivity index (χ3n) is 3.73. The van der Waals surface area contributed by atoms with Crippen molar-refractivity contribution in [2.24, 2.45) is 0 Å². The van der Waals surface area contributed by atoms with Gasteiger partial charge in [-0.05, 0) is 36.1 Å². The van der Waals surface area contributed by atoms with Gasteiger partial charge in [0, 0.05) is 16.6 Å². The maximum absolute atomic E-state index is 10.7. The van der Waals surface area contributed by atoms with Crippen molar-refractivity contribution in [3.63, 3.8) is 0 Å². The first-order valence-electron chi connectivity index (χ1n) is 7.22. The van der Waals surface area contributed by atoms with Crippen LogP contribution in [0.3, 0.4) is 0 Å². The molecule has 0 unspecified atom stereocenters. The van der Waals surface area contributed by atoms with E-state index in [-0.39, 0.29) is 0 Å². The summed E-state index contributed by atoms with van der Waals surface area (Å²) >= 11 is 0. The average molecular weight is 275 g/mol. The Kier molecular flexibility index (Phi) is 3.78. The fourth-order valence-electron chi connectivity index (χ4n) is 2.57. The molecule has 3 rings (SSSR count). The molecule has 0 N–H and O–H groups in total. The molecular formula is C19H17NO. The van der Waals surface area contributed by atoms with E-state index in [2.05, 4.69) is 36.2 Å². The number of benzene rings is 2. The van der Waals surface area contributed by atoms with Crippen LogP contribution in [0.1, 0.15) is 34.1 Å². The molecule has 0 aliphatic heterocycles. The Bertz CT molecular complexity index is 775. The Hall–Kier alpha value is -2.48. The number of pyridine rings is 1. The van der Waals surface area contributed by atoms with Crippen molar-refractivity contribution >= 4 is 17.2 Å². The number of nitrogens with zero attached hydrogens (tertiary/aromatic N) is 1. The molecule has 104 valence electrons. The normalized spacial score (nSPS) is 10.7. The summed E-state index contributed by atoms with van der Waals surface area (Å²) in [6.45, 7) is 2.12. The number of rotatable bonds is 4. The SMILES string of the molecule is CCc1cc(Cc2ccc(C=O)cc2)c2ccccc2n1. The molecule has 0 saturated heterocycles. The predicted octanol–water partition coefficient (Wildman–Crippen LogP) is 4.20. The lowest BCUT2D eigenvalue weighted by molar-refractivity contribution is 0.112. The third kappa shape index (κ3) is 2.84. The highest BCUT2D eigenvalue weighted by molar-refractivity contribution is 5.82. The summed E-state index contributed by atoms with van der Waals surface area (Å²) in [5.41, 5.74) is 5.38. The van der Waals surface area contributed by atoms with Crippen molar-refractivity contribution in [2.45, 2.75) is 19.8 Å². The Morgan fingerprint density at radius 3 is 2.52 bits per heavy atom. The van der Waals surface area contributed by atoms with Gasteiger partial charge in [0.25, 0.3) is 0 Å². The maximum Gasteiger partial charge on any atom is 0.150 e. The van der Waals surface area contributed by atoms with Crippen LogP contribution in [0.5, 0.6) is 0 Å². The molecule has 0 bridgehead atoms. The van der Waals surface area contributed by atoms with Crippen molar-refractivity contribution in [1.82, 2.24) is 4.98 Å². The van der Waals surface area contributed by atoms with Crippen molar-refractivity contribution < 1.29 is 4.79 Å². The standard InChI is InChI=1S/C19H17NO/c1-2-17-12-16(18-5-3-4-6-19(18)20-17)11-14-7-9-15(13-21)10-8-14/h3-10,12-13H,2,11H2,1H3. The topological polar surface area (TPSA) is 30.0 Å². The molecule has 0 radical (unpaired) electrons. The Labute approximate surface area is 124 Å². The van der Waals surface area contributed by atoms with Crippen LogP contribution in [0, 0.1) is 0 Å². The highest BCUT2D eigenvalue weighted by Crippen LogP contribution is 2.21. The predicted molar refractivity (Wildman–Crippen MR) is 85.8 cm³/mol. The van der Waals surface area contributed by atoms with E-state index in [0.717, 1.165) is 30.3 Å². The summed E-state index contributed by atoms with van der Waals surface area (Å²) < 4.78 is 0. The zero-order valence-electron chi connectivity index (χ0n) is 12.0. The van der Waals surface area contributed by atoms with Gasteiger partial charge in [0.05, 0.1) is 5.52 Å². The zero-order valence-corrected chi connectivity index (χ0v) is 12.0. The minimum absolute atomic E-state index is 0.715. The Balaban J connectivity index is 2.03. The number of aldehydes is 1. The molecule has 0 atom stereocenters. The van der Waals surface area contributed by atoms with E-state index in [0.29, 0.717) is 5.56 Å². The fourth-order valence-corrected chi connectivity index (χ4v) is 2.57. The van der Waals surface area contributed by atoms with Gasteiger partial charge in [0.1, 0.15) is 6.29 Å². The van der Waals surface area contributed by atoms with Crippen LogP contribution in [0.25, 0.3) is 10.9 Å². The first-order valence-corrected chi connectivity index (χ1v) is 7.22. The summed E-state index contributed by atoms with van der Waals surface area (Å²) in [7, 11) is 0. The lowest BCUT2D eigenvalue weighted by atomic mass is 9.99. The molecule has 0 aliphatic carbocycles. The lowest BCUT2D eigenvalue weighted by Crippen LogP contribution is -1.96. The van der Waals surface area contributed by atoms with E-state index >= 15 is 0 Å². The molecule has 21 heavy (non-hydrogen) atoms. The van der Waals surface area contributed by atoms with E-state index in [4.69, 9.17) is 0 Å². The van der Waals surface area contributed by atoms with Crippen molar-refractivity contribution in [1.29, 1.82) is 0 Å². The first kappa shape index (κ1) is 13.5. The highest BCUT2D eigenvalue weighted by atomic mass is 16.1. The van der Waals surface area contributed by atoms with Gasteiger partial charge in [-0.15, -0.1) is 0 Å². The quantitative estimate of drug-likeness (QED) is 0.668. The van der Waals surface area contributed by atoms with Crippen LogP contribution in [0.15, 0.2) is 54.6 Å². The summed E-state index contributed by atoms with van der Waals surface area (Å²) in [4.78, 5) is 15.4. The van der Waals surface area contributed by atoms with Gasteiger partial charge < -0.3 is 0 Å². The zero-order chi connectivity index (χ0) is 14.7. The smallest absolute Gasteiger partial charge is 0.150 e. The van der Waals surface area contributed by atoms with Crippen LogP contribution in [0.4, 0.5) is 0 Å². The maximum atomic E-state index is 10.7. The second kappa shape index (κ2) is 5.88. The third-order valence-corrected chi connectivity index (χ3v) is 3.73. The van der Waals surface area contributed by atoms with E-state index < -0.39 is 0 Å². The summed E-state index contributed by atoms with van der Waals surface area (Å²) in [5, 5.41) is 1.20. The molecule has 3 aromatic rings. The molecule has 1 heterocycles. The molecule has 0 spiro atoms. The van der Waals surface area contributed by atoms with Crippen molar-refractivity contribution in [3.05, 3.63) is 77.0 Å². The second-order valence-corrected chi connectivity index (χ2v) is 5.18. The Morgan fingerprint density at radius 2 is 1.81 bits per heavy atom. The summed E-state index contributed by atoms with van der Waals surface area (Å²) in [5.74, 6) is 0. The van der Waals surface area contributed by atoms with Crippen LogP contribution in [-0.2, 0) is 12.8 Å². The number of hydrogen-bond donors (Lipinski definition) is 0. The lowest BCUT2D eigenvalue weighted by Gasteiger charge is -2.09. The van der Waals surface area contributed by atoms with E-state index in [1.54, 1.807) is 0 Å². The molecular weight excluding hydrogens is 258 g/mol. The van der Waals surface area contributed by atoms with Crippen LogP contribution >= 0.6 is 0 Å². The van der Waals surface area contributed by atoms with Crippen LogP contribution < -0.4 is 0 Å². The van der Waals surface area contributed by atoms with Gasteiger partial charge in [-0.25, -0.2) is 0 Å². The minimum Gasteiger partial charge on any atom is -0.298 e. The van der Waals surface area contributed by atoms with Crippen molar-refractivity contribution in [2.75, 3.05) is 0 Å². The molecule has 0 saturated carbocycles. The number of para-hydroxylation sites is 1. The van der Waals surface area contributed by atoms with Crippen LogP contribution in [-0.4, -0.2) is 11.3 Å². The molecule has 0 amide bonds. The highest BCUT2D eigenvalue weighted by Gasteiger charge is 2.06. The molecule has 0 fully saturated rings. The Morgan fingerprint density at radius 1 is 1.05 bits per heavy atom.